The van der Waals surface area contributed by atoms with Gasteiger partial charge in [0, 0.05) is 12.2 Å². The number of nitrogens with one attached hydrogen (secondary N) is 2. The fourth-order valence-electron chi connectivity index (χ4n) is 2.29. The Balaban J connectivity index is 0.000000412. The predicted molar refractivity (Wildman–Crippen MR) is 85.4 cm³/mol. The van der Waals surface area contributed by atoms with Gasteiger partial charge in [-0.05, 0) is 37.1 Å². The second-order valence-electron chi connectivity index (χ2n) is 5.87. The minimum atomic E-state index is -5.08. The summed E-state index contributed by atoms with van der Waals surface area (Å²) in [5.41, 5.74) is 0.502. The Morgan fingerprint density at radius 2 is 1.65 bits per heavy atom. The number of alkyl halides is 3. The van der Waals surface area contributed by atoms with Crippen LogP contribution in [0.4, 0.5) is 18.9 Å². The summed E-state index contributed by atoms with van der Waals surface area (Å²) in [5, 5.41) is 22.0. The van der Waals surface area contributed by atoms with Crippen molar-refractivity contribution in [3.8, 4) is 0 Å². The molecule has 144 valence electrons. The van der Waals surface area contributed by atoms with E-state index in [1.54, 1.807) is 19.1 Å². The van der Waals surface area contributed by atoms with Crippen molar-refractivity contribution in [2.24, 2.45) is 11.3 Å². The molecule has 0 unspecified atom stereocenters. The van der Waals surface area contributed by atoms with E-state index < -0.39 is 29.4 Å². The smallest absolute Gasteiger partial charge is 0.480 e. The molecule has 1 saturated carbocycles. The van der Waals surface area contributed by atoms with Crippen molar-refractivity contribution in [1.82, 2.24) is 5.32 Å². The van der Waals surface area contributed by atoms with Crippen LogP contribution in [0.3, 0.4) is 0 Å². The van der Waals surface area contributed by atoms with Crippen molar-refractivity contribution >= 4 is 23.5 Å². The van der Waals surface area contributed by atoms with Gasteiger partial charge in [-0.25, -0.2) is 4.79 Å². The molecule has 1 aromatic rings. The molecule has 1 aromatic carbocycles. The van der Waals surface area contributed by atoms with Gasteiger partial charge in [0.2, 0.25) is 5.91 Å². The molecule has 7 nitrogen and oxygen atoms in total. The van der Waals surface area contributed by atoms with Crippen molar-refractivity contribution in [1.29, 1.82) is 0 Å². The van der Waals surface area contributed by atoms with Crippen LogP contribution in [0.2, 0.25) is 0 Å². The number of carboxylic acids is 2. The van der Waals surface area contributed by atoms with Crippen LogP contribution in [0.25, 0.3) is 0 Å². The number of rotatable bonds is 5. The maximum Gasteiger partial charge on any atom is 0.490 e. The maximum absolute atomic E-state index is 12.1. The van der Waals surface area contributed by atoms with Gasteiger partial charge in [-0.1, -0.05) is 19.1 Å². The van der Waals surface area contributed by atoms with Crippen LogP contribution < -0.4 is 10.6 Å². The summed E-state index contributed by atoms with van der Waals surface area (Å²) >= 11 is 0. The Kier molecular flexibility index (Phi) is 6.73. The number of aliphatic carboxylic acids is 2. The number of carbonyl (C=O) groups excluding carboxylic acids is 1. The molecule has 1 aliphatic rings. The summed E-state index contributed by atoms with van der Waals surface area (Å²) in [7, 11) is 1.86. The molecular weight excluding hydrogens is 357 g/mol. The average molecular weight is 376 g/mol. The average Bonchev–Trinajstić information content (AvgIpc) is 3.22. The maximum atomic E-state index is 12.1. The van der Waals surface area contributed by atoms with E-state index >= 15 is 0 Å². The first kappa shape index (κ1) is 21.4. The van der Waals surface area contributed by atoms with Crippen LogP contribution in [0.15, 0.2) is 24.3 Å². The number of benzene rings is 1. The fraction of sp³-hybridized carbons (Fsp3) is 0.438. The summed E-state index contributed by atoms with van der Waals surface area (Å²) in [4.78, 5) is 32.1. The largest absolute Gasteiger partial charge is 0.490 e. The summed E-state index contributed by atoms with van der Waals surface area (Å²) < 4.78 is 31.7. The summed E-state index contributed by atoms with van der Waals surface area (Å²) in [6.07, 6.45) is -4.67. The van der Waals surface area contributed by atoms with E-state index in [1.807, 2.05) is 19.2 Å². The minimum absolute atomic E-state index is 0.103. The number of amides is 1. The molecule has 0 saturated heterocycles. The lowest BCUT2D eigenvalue weighted by Gasteiger charge is -2.12. The molecule has 2 rings (SSSR count). The second-order valence-corrected chi connectivity index (χ2v) is 5.87. The number of hydrogen-bond donors (Lipinski definition) is 4. The van der Waals surface area contributed by atoms with Gasteiger partial charge in [0.15, 0.2) is 0 Å². The molecule has 26 heavy (non-hydrogen) atoms. The van der Waals surface area contributed by atoms with E-state index in [4.69, 9.17) is 15.0 Å². The first-order chi connectivity index (χ1) is 11.9. The number of anilines is 1. The van der Waals surface area contributed by atoms with Crippen molar-refractivity contribution in [3.63, 3.8) is 0 Å². The van der Waals surface area contributed by atoms with E-state index in [9.17, 15) is 22.8 Å². The third-order valence-electron chi connectivity index (χ3n) is 3.93. The monoisotopic (exact) mass is 376 g/mol. The molecule has 10 heteroatoms. The molecule has 0 spiro atoms. The van der Waals surface area contributed by atoms with Crippen LogP contribution >= 0.6 is 0 Å². The lowest BCUT2D eigenvalue weighted by molar-refractivity contribution is -0.192. The molecule has 1 fully saturated rings. The normalized spacial score (nSPS) is 21.2. The Hall–Kier alpha value is -2.62. The van der Waals surface area contributed by atoms with Gasteiger partial charge < -0.3 is 20.8 Å². The van der Waals surface area contributed by atoms with Gasteiger partial charge in [0.25, 0.3) is 0 Å². The highest BCUT2D eigenvalue weighted by molar-refractivity contribution is 6.11. The van der Waals surface area contributed by atoms with Crippen molar-refractivity contribution in [3.05, 3.63) is 29.8 Å². The number of halogens is 3. The summed E-state index contributed by atoms with van der Waals surface area (Å²) in [5.74, 6) is -4.32. The molecule has 0 bridgehead atoms. The zero-order valence-electron chi connectivity index (χ0n) is 14.1. The topological polar surface area (TPSA) is 116 Å². The third-order valence-corrected chi connectivity index (χ3v) is 3.93. The van der Waals surface area contributed by atoms with Gasteiger partial charge in [0.05, 0.1) is 0 Å². The highest BCUT2D eigenvalue weighted by Crippen LogP contribution is 2.53. The van der Waals surface area contributed by atoms with E-state index in [2.05, 4.69) is 10.6 Å². The second kappa shape index (κ2) is 8.17. The first-order valence-corrected chi connectivity index (χ1v) is 7.53. The Morgan fingerprint density at radius 1 is 1.19 bits per heavy atom. The number of carboxylic acid groups (broad SMARTS) is 2. The quantitative estimate of drug-likeness (QED) is 0.585. The molecule has 0 aromatic heterocycles. The Labute approximate surface area is 147 Å². The molecule has 4 N–H and O–H groups in total. The van der Waals surface area contributed by atoms with Crippen LogP contribution in [-0.2, 0) is 20.9 Å². The van der Waals surface area contributed by atoms with Crippen molar-refractivity contribution < 1.29 is 37.8 Å². The lowest BCUT2D eigenvalue weighted by atomic mass is 10.0. The minimum Gasteiger partial charge on any atom is -0.480 e. The lowest BCUT2D eigenvalue weighted by Crippen LogP contribution is -2.32. The van der Waals surface area contributed by atoms with Crippen molar-refractivity contribution in [2.75, 3.05) is 12.4 Å². The third kappa shape index (κ3) is 5.19. The van der Waals surface area contributed by atoms with Crippen LogP contribution in [0.5, 0.6) is 0 Å². The van der Waals surface area contributed by atoms with Crippen LogP contribution in [-0.4, -0.2) is 41.3 Å². The van der Waals surface area contributed by atoms with Gasteiger partial charge in [-0.15, -0.1) is 0 Å². The van der Waals surface area contributed by atoms with E-state index in [0.29, 0.717) is 12.1 Å². The zero-order valence-corrected chi connectivity index (χ0v) is 14.1. The molecule has 2 atom stereocenters. The van der Waals surface area contributed by atoms with Gasteiger partial charge >= 0.3 is 18.1 Å². The highest BCUT2D eigenvalue weighted by atomic mass is 19.4. The molecular formula is C16H19F3N2O5. The number of hydrogen-bond acceptors (Lipinski definition) is 4. The Bertz CT molecular complexity index is 675. The Morgan fingerprint density at radius 3 is 1.96 bits per heavy atom. The van der Waals surface area contributed by atoms with E-state index in [1.165, 1.54) is 0 Å². The molecule has 1 aliphatic carbocycles. The molecule has 1 amide bonds. The molecule has 0 radical (unpaired) electrons. The summed E-state index contributed by atoms with van der Waals surface area (Å²) in [6.45, 7) is 2.54. The van der Waals surface area contributed by atoms with Gasteiger partial charge in [0.1, 0.15) is 5.41 Å². The molecule has 0 aliphatic heterocycles. The van der Waals surface area contributed by atoms with E-state index in [0.717, 1.165) is 12.1 Å². The zero-order chi connectivity index (χ0) is 20.1. The highest BCUT2D eigenvalue weighted by Gasteiger charge is 2.63. The first-order valence-electron chi connectivity index (χ1n) is 7.53. The van der Waals surface area contributed by atoms with Crippen LogP contribution in [0.1, 0.15) is 18.9 Å². The van der Waals surface area contributed by atoms with Crippen LogP contribution in [0, 0.1) is 11.3 Å². The number of carbonyl (C=O) groups is 3. The molecule has 0 heterocycles. The summed E-state index contributed by atoms with van der Waals surface area (Å²) in [6, 6.07) is 7.37. The van der Waals surface area contributed by atoms with Gasteiger partial charge in [-0.2, -0.15) is 13.2 Å². The van der Waals surface area contributed by atoms with Gasteiger partial charge in [-0.3, -0.25) is 9.59 Å². The standard InChI is InChI=1S/C14H18N2O3.C2HF3O2/c1-9-7-14(9,13(18)19)12(17)16-11-5-3-10(4-6-11)8-15-2;3-2(4,5)1(6)7/h3-6,9,15H,7-8H2,1-2H3,(H,16,17)(H,18,19);(H,6,7)/t9-,14+;/m1./s1. The predicted octanol–water partition coefficient (Wildman–Crippen LogP) is 2.09. The van der Waals surface area contributed by atoms with Crippen molar-refractivity contribution in [2.45, 2.75) is 26.1 Å². The SMILES string of the molecule is CNCc1ccc(NC(=O)[C@]2(C(=O)O)C[C@H]2C)cc1.O=C(O)C(F)(F)F. The van der Waals surface area contributed by atoms with E-state index in [-0.39, 0.29) is 5.92 Å². The fourth-order valence-corrected chi connectivity index (χ4v) is 2.29.